The SMILES string of the molecule is CC[S@+]([O-])c1oc2c(CCNc3ccccc3C(=O)O)cc(C(F)(F)F)cc2c(=O)c1C. The van der Waals surface area contributed by atoms with Crippen molar-refractivity contribution in [2.75, 3.05) is 17.6 Å². The molecule has 0 saturated carbocycles. The molecule has 0 aliphatic carbocycles. The van der Waals surface area contributed by atoms with Crippen molar-refractivity contribution in [3.05, 3.63) is 68.9 Å². The first-order valence-electron chi connectivity index (χ1n) is 9.66. The number of hydrogen-bond acceptors (Lipinski definition) is 5. The molecule has 1 heterocycles. The summed E-state index contributed by atoms with van der Waals surface area (Å²) in [4.78, 5) is 24.1. The van der Waals surface area contributed by atoms with Crippen molar-refractivity contribution in [1.82, 2.24) is 0 Å². The molecule has 0 aliphatic rings. The molecule has 0 bridgehead atoms. The molecule has 6 nitrogen and oxygen atoms in total. The van der Waals surface area contributed by atoms with E-state index in [1.54, 1.807) is 25.1 Å². The van der Waals surface area contributed by atoms with E-state index in [1.807, 2.05) is 0 Å². The van der Waals surface area contributed by atoms with Crippen molar-refractivity contribution in [2.45, 2.75) is 31.5 Å². The maximum atomic E-state index is 13.5. The average Bonchev–Trinajstić information content (AvgIpc) is 2.75. The summed E-state index contributed by atoms with van der Waals surface area (Å²) in [6.45, 7) is 3.08. The van der Waals surface area contributed by atoms with Crippen LogP contribution in [0.2, 0.25) is 0 Å². The van der Waals surface area contributed by atoms with Gasteiger partial charge in [-0.2, -0.15) is 13.2 Å². The molecule has 0 saturated heterocycles. The minimum Gasteiger partial charge on any atom is -0.609 e. The van der Waals surface area contributed by atoms with Crippen LogP contribution in [0, 0.1) is 6.92 Å². The highest BCUT2D eigenvalue weighted by atomic mass is 32.2. The van der Waals surface area contributed by atoms with Crippen molar-refractivity contribution in [2.24, 2.45) is 0 Å². The Kier molecular flexibility index (Phi) is 6.85. The van der Waals surface area contributed by atoms with Crippen LogP contribution in [-0.2, 0) is 23.8 Å². The van der Waals surface area contributed by atoms with Crippen LogP contribution < -0.4 is 10.7 Å². The highest BCUT2D eigenvalue weighted by molar-refractivity contribution is 7.91. The van der Waals surface area contributed by atoms with Crippen LogP contribution in [-0.4, -0.2) is 27.9 Å². The summed E-state index contributed by atoms with van der Waals surface area (Å²) < 4.78 is 58.4. The Bertz CT molecular complexity index is 1220. The van der Waals surface area contributed by atoms with Gasteiger partial charge in [-0.05, 0) is 50.1 Å². The molecule has 0 aliphatic heterocycles. The number of nitrogens with one attached hydrogen (secondary N) is 1. The number of carbonyl (C=O) groups is 1. The van der Waals surface area contributed by atoms with Crippen LogP contribution >= 0.6 is 0 Å². The van der Waals surface area contributed by atoms with Gasteiger partial charge in [0.05, 0.1) is 22.1 Å². The number of para-hydroxylation sites is 1. The highest BCUT2D eigenvalue weighted by Crippen LogP contribution is 2.34. The third-order valence-corrected chi connectivity index (χ3v) is 6.24. The summed E-state index contributed by atoms with van der Waals surface area (Å²) in [5.74, 6) is -0.968. The molecule has 1 atom stereocenters. The predicted octanol–water partition coefficient (Wildman–Crippen LogP) is 4.60. The van der Waals surface area contributed by atoms with Gasteiger partial charge in [0.1, 0.15) is 11.3 Å². The smallest absolute Gasteiger partial charge is 0.416 e. The number of carboxylic acid groups (broad SMARTS) is 1. The number of benzene rings is 2. The maximum absolute atomic E-state index is 13.5. The predicted molar refractivity (Wildman–Crippen MR) is 115 cm³/mol. The Hall–Kier alpha value is -2.98. The lowest BCUT2D eigenvalue weighted by atomic mass is 10.0. The lowest BCUT2D eigenvalue weighted by Gasteiger charge is -2.15. The average molecular weight is 467 g/mol. The quantitative estimate of drug-likeness (QED) is 0.493. The van der Waals surface area contributed by atoms with E-state index >= 15 is 0 Å². The zero-order valence-corrected chi connectivity index (χ0v) is 18.0. The second kappa shape index (κ2) is 9.25. The van der Waals surface area contributed by atoms with Gasteiger partial charge in [0, 0.05) is 23.4 Å². The van der Waals surface area contributed by atoms with Crippen LogP contribution in [0.4, 0.5) is 18.9 Å². The first kappa shape index (κ1) is 23.7. The minimum absolute atomic E-state index is 0.00141. The van der Waals surface area contributed by atoms with E-state index < -0.39 is 34.3 Å². The molecule has 0 unspecified atom stereocenters. The van der Waals surface area contributed by atoms with Crippen LogP contribution in [0.25, 0.3) is 11.0 Å². The lowest BCUT2D eigenvalue weighted by Crippen LogP contribution is -2.17. The third kappa shape index (κ3) is 4.76. The van der Waals surface area contributed by atoms with E-state index in [1.165, 1.54) is 13.0 Å². The van der Waals surface area contributed by atoms with E-state index in [0.29, 0.717) is 5.69 Å². The summed E-state index contributed by atoms with van der Waals surface area (Å²) in [5, 5.41) is 11.9. The Morgan fingerprint density at radius 1 is 1.25 bits per heavy atom. The van der Waals surface area contributed by atoms with Crippen molar-refractivity contribution >= 4 is 33.8 Å². The van der Waals surface area contributed by atoms with Gasteiger partial charge in [0.2, 0.25) is 5.43 Å². The Morgan fingerprint density at radius 2 is 1.94 bits per heavy atom. The zero-order valence-electron chi connectivity index (χ0n) is 17.2. The van der Waals surface area contributed by atoms with Gasteiger partial charge in [0.25, 0.3) is 0 Å². The zero-order chi connectivity index (χ0) is 23.6. The second-order valence-electron chi connectivity index (χ2n) is 7.02. The van der Waals surface area contributed by atoms with Gasteiger partial charge in [-0.25, -0.2) is 4.79 Å². The number of anilines is 1. The molecule has 32 heavy (non-hydrogen) atoms. The molecule has 3 aromatic rings. The Balaban J connectivity index is 2.07. The minimum atomic E-state index is -4.68. The number of halogens is 3. The normalized spacial score (nSPS) is 12.7. The number of aromatic carboxylic acids is 1. The molecule has 3 rings (SSSR count). The maximum Gasteiger partial charge on any atom is 0.416 e. The summed E-state index contributed by atoms with van der Waals surface area (Å²) in [5.41, 5.74) is -1.29. The molecule has 0 fully saturated rings. The molecular formula is C22H20F3NO5S. The van der Waals surface area contributed by atoms with E-state index in [0.717, 1.165) is 12.1 Å². The van der Waals surface area contributed by atoms with Crippen LogP contribution in [0.1, 0.15) is 34.0 Å². The number of alkyl halides is 3. The Labute approximate surface area is 184 Å². The van der Waals surface area contributed by atoms with E-state index in [9.17, 15) is 32.4 Å². The molecule has 10 heteroatoms. The first-order chi connectivity index (χ1) is 15.0. The number of rotatable bonds is 7. The molecule has 0 spiro atoms. The monoisotopic (exact) mass is 467 g/mol. The largest absolute Gasteiger partial charge is 0.609 e. The summed E-state index contributed by atoms with van der Waals surface area (Å²) >= 11 is -1.61. The van der Waals surface area contributed by atoms with Gasteiger partial charge in [0.15, 0.2) is 0 Å². The van der Waals surface area contributed by atoms with Crippen LogP contribution in [0.5, 0.6) is 0 Å². The van der Waals surface area contributed by atoms with Gasteiger partial charge in [-0.15, -0.1) is 0 Å². The lowest BCUT2D eigenvalue weighted by molar-refractivity contribution is -0.137. The third-order valence-electron chi connectivity index (χ3n) is 4.92. The fraction of sp³-hybridized carbons (Fsp3) is 0.273. The van der Waals surface area contributed by atoms with E-state index in [2.05, 4.69) is 5.32 Å². The summed E-state index contributed by atoms with van der Waals surface area (Å²) in [6.07, 6.45) is -4.68. The standard InChI is InChI=1S/C22H20F3NO5S/c1-3-32(30)21-12(2)18(27)16-11-14(22(23,24)25)10-13(19(16)31-21)8-9-26-17-7-5-4-6-15(17)20(28)29/h4-7,10-11,26H,3,8-9H2,1-2H3,(H,28,29)/t32-/m0/s1. The molecule has 0 amide bonds. The Morgan fingerprint density at radius 3 is 2.56 bits per heavy atom. The fourth-order valence-electron chi connectivity index (χ4n) is 3.30. The number of carboxylic acids is 1. The highest BCUT2D eigenvalue weighted by Gasteiger charge is 2.33. The first-order valence-corrected chi connectivity index (χ1v) is 11.0. The molecule has 2 aromatic carbocycles. The van der Waals surface area contributed by atoms with Crippen LogP contribution in [0.15, 0.2) is 50.7 Å². The van der Waals surface area contributed by atoms with Crippen LogP contribution in [0.3, 0.4) is 0 Å². The fourth-order valence-corrected chi connectivity index (χ4v) is 4.17. The summed E-state index contributed by atoms with van der Waals surface area (Å²) in [7, 11) is 0. The second-order valence-corrected chi connectivity index (χ2v) is 8.65. The topological polar surface area (TPSA) is 103 Å². The van der Waals surface area contributed by atoms with Gasteiger partial charge < -0.3 is 19.4 Å². The van der Waals surface area contributed by atoms with Crippen molar-refractivity contribution in [3.63, 3.8) is 0 Å². The number of hydrogen-bond donors (Lipinski definition) is 2. The van der Waals surface area contributed by atoms with Gasteiger partial charge in [-0.3, -0.25) is 4.79 Å². The molecule has 1 aromatic heterocycles. The molecule has 0 radical (unpaired) electrons. The van der Waals surface area contributed by atoms with Crippen molar-refractivity contribution in [1.29, 1.82) is 0 Å². The molecule has 170 valence electrons. The van der Waals surface area contributed by atoms with Crippen molar-refractivity contribution in [3.8, 4) is 0 Å². The number of fused-ring (bicyclic) bond motifs is 1. The van der Waals surface area contributed by atoms with Crippen molar-refractivity contribution < 1.29 is 32.0 Å². The van der Waals surface area contributed by atoms with E-state index in [-0.39, 0.29) is 51.5 Å². The van der Waals surface area contributed by atoms with Gasteiger partial charge >= 0.3 is 17.2 Å². The van der Waals surface area contributed by atoms with E-state index in [4.69, 9.17) is 4.42 Å². The van der Waals surface area contributed by atoms with Gasteiger partial charge in [-0.1, -0.05) is 12.1 Å². The summed E-state index contributed by atoms with van der Waals surface area (Å²) in [6, 6.07) is 7.76. The molecule has 2 N–H and O–H groups in total. The molecular weight excluding hydrogens is 447 g/mol.